The summed E-state index contributed by atoms with van der Waals surface area (Å²) in [5.41, 5.74) is 2.75. The first kappa shape index (κ1) is 60.1. The van der Waals surface area contributed by atoms with Gasteiger partial charge in [0, 0.05) is 44.3 Å². The van der Waals surface area contributed by atoms with Crippen molar-refractivity contribution in [1.82, 2.24) is 47.2 Å². The van der Waals surface area contributed by atoms with Gasteiger partial charge in [0.25, 0.3) is 0 Å². The van der Waals surface area contributed by atoms with Crippen LogP contribution >= 0.6 is 21.6 Å². The Morgan fingerprint density at radius 3 is 2.04 bits per heavy atom. The minimum Gasteiger partial charge on any atom is -0.481 e. The molecule has 342 valence electrons. The summed E-state index contributed by atoms with van der Waals surface area (Å²) in [6.45, 7) is 22.9. The van der Waals surface area contributed by atoms with Crippen LogP contribution in [-0.2, 0) is 24.0 Å². The van der Waals surface area contributed by atoms with Crippen LogP contribution in [0.4, 0.5) is 0 Å². The van der Waals surface area contributed by atoms with E-state index in [9.17, 15) is 14.4 Å². The molecule has 0 saturated heterocycles. The summed E-state index contributed by atoms with van der Waals surface area (Å²) in [6.07, 6.45) is 7.99. The van der Waals surface area contributed by atoms with Gasteiger partial charge >= 0.3 is 5.97 Å². The molecule has 0 bridgehead atoms. The van der Waals surface area contributed by atoms with Gasteiger partial charge in [0.05, 0.1) is 12.5 Å². The number of carbonyl (C=O) groups is 3. The van der Waals surface area contributed by atoms with Crippen molar-refractivity contribution in [2.45, 2.75) is 117 Å². The molecule has 0 heterocycles. The largest absolute Gasteiger partial charge is 0.481 e. The van der Waals surface area contributed by atoms with E-state index >= 15 is 0 Å². The third-order valence-corrected chi connectivity index (χ3v) is 11.1. The minimum atomic E-state index is -0.787. The highest BCUT2D eigenvalue weighted by molar-refractivity contribution is 8.76. The fourth-order valence-corrected chi connectivity index (χ4v) is 7.47. The van der Waals surface area contributed by atoms with Gasteiger partial charge in [-0.3, -0.25) is 24.6 Å². The number of nitrogens with zero attached hydrogens (tertiary/aromatic N) is 2. The van der Waals surface area contributed by atoms with Crippen LogP contribution in [0.3, 0.4) is 0 Å². The van der Waals surface area contributed by atoms with Crippen molar-refractivity contribution >= 4 is 39.4 Å². The van der Waals surface area contributed by atoms with Crippen LogP contribution in [0, 0.1) is 5.92 Å². The molecule has 0 fully saturated rings. The van der Waals surface area contributed by atoms with Gasteiger partial charge in [-0.05, 0) is 125 Å². The zero-order valence-corrected chi connectivity index (χ0v) is 39.5. The van der Waals surface area contributed by atoms with E-state index in [-0.39, 0.29) is 36.3 Å². The normalized spacial score (nSPS) is 12.6. The maximum Gasteiger partial charge on any atom is 0.303 e. The number of carboxylic acid groups (broad SMARTS) is 1. The number of amides is 2. The molecule has 0 spiro atoms. The first-order valence-corrected chi connectivity index (χ1v) is 23.9. The second-order valence-corrected chi connectivity index (χ2v) is 16.8. The van der Waals surface area contributed by atoms with E-state index in [1.54, 1.807) is 0 Å². The summed E-state index contributed by atoms with van der Waals surface area (Å²) in [5, 5.41) is 27.9. The van der Waals surface area contributed by atoms with Crippen LogP contribution in [0.5, 0.6) is 0 Å². The molecule has 17 heteroatoms. The fraction of sp³-hybridized carbons (Fsp3) is 0.925. The topological polar surface area (TPSA) is 181 Å². The molecule has 0 saturated carbocycles. The summed E-state index contributed by atoms with van der Waals surface area (Å²) >= 11 is 0. The molecule has 15 nitrogen and oxygen atoms in total. The van der Waals surface area contributed by atoms with Crippen LogP contribution < -0.4 is 37.4 Å². The summed E-state index contributed by atoms with van der Waals surface area (Å²) < 4.78 is 5.88. The zero-order chi connectivity index (χ0) is 43.4. The van der Waals surface area contributed by atoms with Gasteiger partial charge in [0.15, 0.2) is 0 Å². The number of carbonyl (C=O) groups excluding carboxylic acids is 2. The monoisotopic (exact) mass is 856 g/mol. The average Bonchev–Trinajstić information content (AvgIpc) is 3.19. The number of nitrogens with one attached hydrogen (secondary N) is 7. The standard InChI is InChI=1S/C32H67N7O5S2.C5H13NO.C3H9N/c1-7-29(40)37-24-28(46-45-26-39(6)19-13-12-18-38(5)20-14-16-33-4)23-34-22-27(3)21-31(35-8-2)44-25-30(41)36-17-11-9-10-15-32(42)43;1-3-5-7-6-4-2;1-3-4-2/h27-28,31,33-35H,7-26H2,1-6H3,(H,36,41)(H,37,40)(H,42,43);6H,3-5H2,1-2H3;4H,3H2,1-2H3. The second-order valence-electron chi connectivity index (χ2n) is 14.1. The zero-order valence-electron chi connectivity index (χ0n) is 37.9. The number of hydrogen-bond acceptors (Lipinski definition) is 14. The molecule has 0 aliphatic carbocycles. The maximum atomic E-state index is 12.2. The molecular weight excluding hydrogens is 767 g/mol. The van der Waals surface area contributed by atoms with Gasteiger partial charge in [-0.1, -0.05) is 69.6 Å². The van der Waals surface area contributed by atoms with E-state index in [0.717, 1.165) is 97.1 Å². The number of rotatable bonds is 38. The lowest BCUT2D eigenvalue weighted by molar-refractivity contribution is -0.137. The van der Waals surface area contributed by atoms with Crippen molar-refractivity contribution in [2.24, 2.45) is 5.92 Å². The Hall–Kier alpha value is -1.25. The Morgan fingerprint density at radius 2 is 1.44 bits per heavy atom. The van der Waals surface area contributed by atoms with Crippen LogP contribution in [0.15, 0.2) is 0 Å². The maximum absolute atomic E-state index is 12.2. The molecule has 3 atom stereocenters. The third-order valence-electron chi connectivity index (χ3n) is 8.25. The molecule has 0 rings (SSSR count). The number of hydroxylamine groups is 1. The first-order chi connectivity index (χ1) is 27.4. The van der Waals surface area contributed by atoms with Crippen molar-refractivity contribution in [3.63, 3.8) is 0 Å². The highest BCUT2D eigenvalue weighted by Crippen LogP contribution is 2.27. The van der Waals surface area contributed by atoms with Crippen molar-refractivity contribution in [2.75, 3.05) is 119 Å². The van der Waals surface area contributed by atoms with Crippen molar-refractivity contribution in [1.29, 1.82) is 0 Å². The Labute approximate surface area is 356 Å². The molecule has 0 aliphatic rings. The van der Waals surface area contributed by atoms with Crippen LogP contribution in [0.2, 0.25) is 0 Å². The lowest BCUT2D eigenvalue weighted by Crippen LogP contribution is -2.40. The predicted molar refractivity (Wildman–Crippen MR) is 244 cm³/mol. The second kappa shape index (κ2) is 47.4. The smallest absolute Gasteiger partial charge is 0.303 e. The lowest BCUT2D eigenvalue weighted by atomic mass is 10.1. The van der Waals surface area contributed by atoms with Crippen LogP contribution in [0.25, 0.3) is 0 Å². The molecule has 0 aliphatic heterocycles. The van der Waals surface area contributed by atoms with Crippen LogP contribution in [0.1, 0.15) is 106 Å². The third kappa shape index (κ3) is 49.0. The van der Waals surface area contributed by atoms with E-state index in [0.29, 0.717) is 31.8 Å². The van der Waals surface area contributed by atoms with E-state index in [4.69, 9.17) is 14.7 Å². The molecule has 0 aromatic rings. The number of aliphatic carboxylic acids is 1. The van der Waals surface area contributed by atoms with Crippen molar-refractivity contribution in [3.8, 4) is 0 Å². The van der Waals surface area contributed by atoms with Gasteiger partial charge in [-0.2, -0.15) is 0 Å². The predicted octanol–water partition coefficient (Wildman–Crippen LogP) is 3.97. The van der Waals surface area contributed by atoms with Crippen molar-refractivity contribution < 1.29 is 29.1 Å². The van der Waals surface area contributed by atoms with E-state index < -0.39 is 5.97 Å². The average molecular weight is 856 g/mol. The van der Waals surface area contributed by atoms with E-state index in [1.165, 1.54) is 19.3 Å². The molecule has 0 radical (unpaired) electrons. The molecule has 3 unspecified atom stereocenters. The molecule has 8 N–H and O–H groups in total. The molecule has 2 amide bonds. The summed E-state index contributed by atoms with van der Waals surface area (Å²) in [6, 6.07) is 0. The van der Waals surface area contributed by atoms with Gasteiger partial charge in [0.2, 0.25) is 11.8 Å². The fourth-order valence-electron chi connectivity index (χ4n) is 4.86. The summed E-state index contributed by atoms with van der Waals surface area (Å²) in [7, 11) is 12.0. The highest BCUT2D eigenvalue weighted by Gasteiger charge is 2.17. The van der Waals surface area contributed by atoms with Gasteiger partial charge in [-0.15, -0.1) is 0 Å². The number of carboxylic acids is 1. The Bertz CT molecular complexity index is 883. The number of unbranched alkanes of at least 4 members (excludes halogenated alkanes) is 3. The summed E-state index contributed by atoms with van der Waals surface area (Å²) in [4.78, 5) is 44.4. The van der Waals surface area contributed by atoms with Gasteiger partial charge in [0.1, 0.15) is 12.8 Å². The van der Waals surface area contributed by atoms with E-state index in [1.807, 2.05) is 56.5 Å². The lowest BCUT2D eigenvalue weighted by Gasteiger charge is -2.24. The van der Waals surface area contributed by atoms with Gasteiger partial charge < -0.3 is 46.2 Å². The van der Waals surface area contributed by atoms with Gasteiger partial charge in [-0.25, -0.2) is 5.48 Å². The minimum absolute atomic E-state index is 0.0114. The van der Waals surface area contributed by atoms with Crippen LogP contribution in [-0.4, -0.2) is 163 Å². The molecular formula is C40H89N9O6S2. The Kier molecular flexibility index (Phi) is 50.0. The first-order valence-electron chi connectivity index (χ1n) is 21.5. The molecule has 0 aromatic heterocycles. The Balaban J connectivity index is -0.00000230. The Morgan fingerprint density at radius 1 is 0.754 bits per heavy atom. The number of hydrogen-bond donors (Lipinski definition) is 8. The molecule has 0 aromatic carbocycles. The highest BCUT2D eigenvalue weighted by atomic mass is 33.1. The van der Waals surface area contributed by atoms with Crippen molar-refractivity contribution in [3.05, 3.63) is 0 Å². The number of ether oxygens (including phenoxy) is 1. The summed E-state index contributed by atoms with van der Waals surface area (Å²) in [5.74, 6) is 0.387. The SMILES string of the molecule is CCCONCC.CCNC.CCNC(CC(C)CNCC(CNC(=O)CC)SSCN(C)CCCCN(C)CCCNC)OCC(=O)NCCCCCC(=O)O. The quantitative estimate of drug-likeness (QED) is 0.0194. The van der Waals surface area contributed by atoms with E-state index in [2.05, 4.69) is 82.0 Å². The molecule has 57 heavy (non-hydrogen) atoms.